The first kappa shape index (κ1) is 15.2. The van der Waals surface area contributed by atoms with Gasteiger partial charge in [-0.1, -0.05) is 29.8 Å². The number of halogens is 2. The number of benzene rings is 2. The van der Waals surface area contributed by atoms with Crippen LogP contribution in [0.25, 0.3) is 6.08 Å². The van der Waals surface area contributed by atoms with Crippen molar-refractivity contribution in [3.8, 4) is 5.75 Å². The zero-order chi connectivity index (χ0) is 16.4. The fourth-order valence-corrected chi connectivity index (χ4v) is 2.36. The van der Waals surface area contributed by atoms with Crippen molar-refractivity contribution >= 4 is 29.5 Å². The van der Waals surface area contributed by atoms with Crippen molar-refractivity contribution in [2.24, 2.45) is 4.99 Å². The summed E-state index contributed by atoms with van der Waals surface area (Å²) in [6.07, 6.45) is 1.52. The van der Waals surface area contributed by atoms with Crippen LogP contribution < -0.4 is 4.74 Å². The van der Waals surface area contributed by atoms with E-state index in [1.54, 1.807) is 30.3 Å². The van der Waals surface area contributed by atoms with E-state index in [0.717, 1.165) is 0 Å². The average molecular weight is 332 g/mol. The highest BCUT2D eigenvalue weighted by atomic mass is 35.5. The summed E-state index contributed by atoms with van der Waals surface area (Å²) in [7, 11) is 1.51. The van der Waals surface area contributed by atoms with Crippen molar-refractivity contribution in [1.82, 2.24) is 0 Å². The van der Waals surface area contributed by atoms with Gasteiger partial charge in [-0.15, -0.1) is 0 Å². The molecule has 0 amide bonds. The summed E-state index contributed by atoms with van der Waals surface area (Å²) >= 11 is 6.04. The first-order chi connectivity index (χ1) is 11.1. The molecular weight excluding hydrogens is 321 g/mol. The van der Waals surface area contributed by atoms with Crippen molar-refractivity contribution in [3.63, 3.8) is 0 Å². The van der Waals surface area contributed by atoms with Crippen molar-refractivity contribution in [2.45, 2.75) is 0 Å². The number of nitrogens with zero attached hydrogens (tertiary/aromatic N) is 1. The maximum atomic E-state index is 13.7. The maximum Gasteiger partial charge on any atom is 0.363 e. The molecule has 0 saturated heterocycles. The molecule has 0 aliphatic carbocycles. The minimum absolute atomic E-state index is 0.0565. The predicted octanol–water partition coefficient (Wildman–Crippen LogP) is 3.83. The summed E-state index contributed by atoms with van der Waals surface area (Å²) < 4.78 is 23.8. The molecule has 0 aromatic heterocycles. The zero-order valence-electron chi connectivity index (χ0n) is 12.0. The van der Waals surface area contributed by atoms with Gasteiger partial charge in [0, 0.05) is 0 Å². The van der Waals surface area contributed by atoms with Crippen LogP contribution in [0.5, 0.6) is 5.75 Å². The van der Waals surface area contributed by atoms with E-state index in [9.17, 15) is 9.18 Å². The van der Waals surface area contributed by atoms with Crippen LogP contribution in [0.1, 0.15) is 11.1 Å². The number of carbonyl (C=O) groups is 1. The average Bonchev–Trinajstić information content (AvgIpc) is 2.89. The molecule has 23 heavy (non-hydrogen) atoms. The number of aliphatic imine (C=N–C) groups is 1. The van der Waals surface area contributed by atoms with Crippen LogP contribution in [-0.2, 0) is 9.53 Å². The largest absolute Gasteiger partial charge is 0.495 e. The second-order valence-electron chi connectivity index (χ2n) is 4.71. The quantitative estimate of drug-likeness (QED) is 0.634. The highest BCUT2D eigenvalue weighted by Crippen LogP contribution is 2.27. The van der Waals surface area contributed by atoms with Crippen LogP contribution >= 0.6 is 11.6 Å². The topological polar surface area (TPSA) is 47.9 Å². The van der Waals surface area contributed by atoms with Gasteiger partial charge in [-0.05, 0) is 35.9 Å². The Morgan fingerprint density at radius 2 is 2.04 bits per heavy atom. The molecule has 0 radical (unpaired) electrons. The molecule has 0 spiro atoms. The summed E-state index contributed by atoms with van der Waals surface area (Å²) in [6.45, 7) is 0. The Bertz CT molecular complexity index is 845. The number of rotatable bonds is 3. The number of methoxy groups -OCH3 is 1. The Kier molecular flexibility index (Phi) is 4.12. The van der Waals surface area contributed by atoms with E-state index in [0.29, 0.717) is 16.3 Å². The van der Waals surface area contributed by atoms with Crippen LogP contribution in [0, 0.1) is 5.82 Å². The Morgan fingerprint density at radius 3 is 2.74 bits per heavy atom. The van der Waals surface area contributed by atoms with Gasteiger partial charge in [0.1, 0.15) is 11.6 Å². The summed E-state index contributed by atoms with van der Waals surface area (Å²) in [4.78, 5) is 16.0. The van der Waals surface area contributed by atoms with E-state index in [1.807, 2.05) is 0 Å². The molecule has 0 saturated carbocycles. The van der Waals surface area contributed by atoms with Crippen molar-refractivity contribution < 1.29 is 18.7 Å². The Labute approximate surface area is 136 Å². The van der Waals surface area contributed by atoms with E-state index < -0.39 is 11.8 Å². The van der Waals surface area contributed by atoms with Crippen molar-refractivity contribution in [1.29, 1.82) is 0 Å². The molecule has 0 N–H and O–H groups in total. The summed E-state index contributed by atoms with van der Waals surface area (Å²) in [6, 6.07) is 11.0. The van der Waals surface area contributed by atoms with E-state index in [2.05, 4.69) is 4.99 Å². The van der Waals surface area contributed by atoms with Gasteiger partial charge < -0.3 is 9.47 Å². The molecule has 2 aromatic carbocycles. The van der Waals surface area contributed by atoms with Crippen LogP contribution in [-0.4, -0.2) is 19.0 Å². The third-order valence-electron chi connectivity index (χ3n) is 3.20. The van der Waals surface area contributed by atoms with Crippen LogP contribution in [0.3, 0.4) is 0 Å². The lowest BCUT2D eigenvalue weighted by molar-refractivity contribution is -0.129. The molecule has 3 rings (SSSR count). The van der Waals surface area contributed by atoms with Crippen molar-refractivity contribution in [3.05, 3.63) is 70.1 Å². The third-order valence-corrected chi connectivity index (χ3v) is 3.50. The number of carbonyl (C=O) groups excluding carboxylic acids is 1. The Morgan fingerprint density at radius 1 is 1.26 bits per heavy atom. The SMILES string of the molecule is COc1ccc(/C=C2\N=C(c3ccccc3F)OC2=O)cc1Cl. The summed E-state index contributed by atoms with van der Waals surface area (Å²) in [5, 5.41) is 0.409. The summed E-state index contributed by atoms with van der Waals surface area (Å²) in [5.74, 6) is -0.680. The lowest BCUT2D eigenvalue weighted by atomic mass is 10.2. The third kappa shape index (κ3) is 3.10. The standard InChI is InChI=1S/C17H11ClFNO3/c1-22-15-7-6-10(8-12(15)18)9-14-17(21)23-16(20-14)11-4-2-3-5-13(11)19/h2-9H,1H3/b14-9-. The van der Waals surface area contributed by atoms with Crippen LogP contribution in [0.2, 0.25) is 5.02 Å². The van der Waals surface area contributed by atoms with Crippen LogP contribution in [0.15, 0.2) is 53.2 Å². The number of cyclic esters (lactones) is 1. The van der Waals surface area contributed by atoms with Gasteiger partial charge in [0.15, 0.2) is 5.70 Å². The molecule has 0 atom stereocenters. The van der Waals surface area contributed by atoms with E-state index >= 15 is 0 Å². The first-order valence-corrected chi connectivity index (χ1v) is 7.07. The van der Waals surface area contributed by atoms with Gasteiger partial charge in [0.05, 0.1) is 17.7 Å². The minimum atomic E-state index is -0.643. The highest BCUT2D eigenvalue weighted by Gasteiger charge is 2.25. The van der Waals surface area contributed by atoms with Gasteiger partial charge >= 0.3 is 5.97 Å². The number of hydrogen-bond acceptors (Lipinski definition) is 4. The minimum Gasteiger partial charge on any atom is -0.495 e. The lowest BCUT2D eigenvalue weighted by Crippen LogP contribution is -2.07. The molecule has 0 bridgehead atoms. The number of ether oxygens (including phenoxy) is 2. The highest BCUT2D eigenvalue weighted by molar-refractivity contribution is 6.32. The Hall–Kier alpha value is -2.66. The molecule has 116 valence electrons. The van der Waals surface area contributed by atoms with Gasteiger partial charge in [-0.25, -0.2) is 14.2 Å². The van der Waals surface area contributed by atoms with Crippen LogP contribution in [0.4, 0.5) is 4.39 Å². The molecule has 6 heteroatoms. The van der Waals surface area contributed by atoms with Gasteiger partial charge in [-0.2, -0.15) is 0 Å². The smallest absolute Gasteiger partial charge is 0.363 e. The number of esters is 1. The molecule has 0 fully saturated rings. The summed E-state index contributed by atoms with van der Waals surface area (Å²) in [5.41, 5.74) is 0.864. The molecule has 1 aliphatic heterocycles. The molecule has 1 aliphatic rings. The molecule has 4 nitrogen and oxygen atoms in total. The molecule has 2 aromatic rings. The fraction of sp³-hybridized carbons (Fsp3) is 0.0588. The normalized spacial score (nSPS) is 15.5. The molecular formula is C17H11ClFNO3. The lowest BCUT2D eigenvalue weighted by Gasteiger charge is -2.03. The second-order valence-corrected chi connectivity index (χ2v) is 5.12. The first-order valence-electron chi connectivity index (χ1n) is 6.69. The van der Waals surface area contributed by atoms with Gasteiger partial charge in [0.25, 0.3) is 0 Å². The van der Waals surface area contributed by atoms with Crippen molar-refractivity contribution in [2.75, 3.05) is 7.11 Å². The Balaban J connectivity index is 1.95. The maximum absolute atomic E-state index is 13.7. The molecule has 1 heterocycles. The predicted molar refractivity (Wildman–Crippen MR) is 85.0 cm³/mol. The van der Waals surface area contributed by atoms with Gasteiger partial charge in [0.2, 0.25) is 5.90 Å². The van der Waals surface area contributed by atoms with Gasteiger partial charge in [-0.3, -0.25) is 0 Å². The van der Waals surface area contributed by atoms with E-state index in [4.69, 9.17) is 21.1 Å². The monoisotopic (exact) mass is 331 g/mol. The zero-order valence-corrected chi connectivity index (χ0v) is 12.8. The number of hydrogen-bond donors (Lipinski definition) is 0. The second kappa shape index (κ2) is 6.22. The van der Waals surface area contributed by atoms with E-state index in [-0.39, 0.29) is 17.2 Å². The van der Waals surface area contributed by atoms with E-state index in [1.165, 1.54) is 25.3 Å². The fourth-order valence-electron chi connectivity index (χ4n) is 2.09. The molecule has 0 unspecified atom stereocenters.